The second-order valence-corrected chi connectivity index (χ2v) is 10.1. The number of nitrogens with one attached hydrogen (secondary N) is 1. The fraction of sp³-hybridized carbons (Fsp3) is 0.448. The van der Waals surface area contributed by atoms with E-state index in [0.717, 1.165) is 34.4 Å². The molecule has 1 aliphatic heterocycles. The van der Waals surface area contributed by atoms with Crippen molar-refractivity contribution in [3.8, 4) is 11.5 Å². The van der Waals surface area contributed by atoms with Crippen LogP contribution < -0.4 is 9.47 Å². The van der Waals surface area contributed by atoms with Gasteiger partial charge in [0.05, 0.1) is 14.2 Å². The third-order valence-electron chi connectivity index (χ3n) is 7.68. The molecule has 1 aliphatic carbocycles. The summed E-state index contributed by atoms with van der Waals surface area (Å²) in [4.78, 5) is 34.0. The minimum atomic E-state index is -0.131. The molecule has 2 aliphatic rings. The van der Waals surface area contributed by atoms with Crippen LogP contribution in [-0.2, 0) is 11.3 Å². The summed E-state index contributed by atoms with van der Waals surface area (Å²) < 4.78 is 10.7. The lowest BCUT2D eigenvalue weighted by molar-refractivity contribution is -0.140. The van der Waals surface area contributed by atoms with Gasteiger partial charge in [0.15, 0.2) is 0 Å². The van der Waals surface area contributed by atoms with Crippen molar-refractivity contribution in [3.05, 3.63) is 59.8 Å². The first-order valence-electron chi connectivity index (χ1n) is 12.9. The second kappa shape index (κ2) is 10.6. The molecule has 2 fully saturated rings. The zero-order valence-corrected chi connectivity index (χ0v) is 21.2. The van der Waals surface area contributed by atoms with Crippen molar-refractivity contribution < 1.29 is 19.1 Å². The van der Waals surface area contributed by atoms with Crippen LogP contribution in [0.1, 0.15) is 54.6 Å². The summed E-state index contributed by atoms with van der Waals surface area (Å²) in [6.45, 7) is 1.16. The molecule has 1 atom stereocenters. The number of ether oxygens (including phenoxy) is 2. The maximum atomic E-state index is 13.5. The number of aromatic amines is 1. The van der Waals surface area contributed by atoms with Crippen LogP contribution in [0.15, 0.2) is 48.5 Å². The zero-order chi connectivity index (χ0) is 25.1. The van der Waals surface area contributed by atoms with E-state index in [1.165, 1.54) is 32.1 Å². The van der Waals surface area contributed by atoms with E-state index in [-0.39, 0.29) is 24.4 Å². The van der Waals surface area contributed by atoms with E-state index in [4.69, 9.17) is 9.47 Å². The number of rotatable bonds is 7. The highest BCUT2D eigenvalue weighted by Gasteiger charge is 2.36. The fourth-order valence-electron chi connectivity index (χ4n) is 5.75. The van der Waals surface area contributed by atoms with Gasteiger partial charge in [0, 0.05) is 30.0 Å². The van der Waals surface area contributed by atoms with Crippen molar-refractivity contribution in [2.75, 3.05) is 27.3 Å². The Morgan fingerprint density at radius 3 is 2.56 bits per heavy atom. The van der Waals surface area contributed by atoms with E-state index in [1.807, 2.05) is 53.4 Å². The number of amides is 2. The first-order valence-corrected chi connectivity index (χ1v) is 12.9. The molecule has 7 heteroatoms. The third kappa shape index (κ3) is 5.20. The van der Waals surface area contributed by atoms with E-state index in [9.17, 15) is 9.59 Å². The number of piperazine rings is 1. The molecule has 1 aromatic heterocycles. The molecule has 36 heavy (non-hydrogen) atoms. The van der Waals surface area contributed by atoms with Crippen LogP contribution in [0.25, 0.3) is 10.9 Å². The Morgan fingerprint density at radius 1 is 1.00 bits per heavy atom. The van der Waals surface area contributed by atoms with Gasteiger partial charge in [-0.2, -0.15) is 0 Å². The number of aromatic nitrogens is 1. The van der Waals surface area contributed by atoms with Crippen molar-refractivity contribution in [2.24, 2.45) is 5.92 Å². The van der Waals surface area contributed by atoms with Crippen LogP contribution in [0.2, 0.25) is 0 Å². The van der Waals surface area contributed by atoms with Gasteiger partial charge in [0.2, 0.25) is 5.91 Å². The van der Waals surface area contributed by atoms with Gasteiger partial charge in [-0.15, -0.1) is 0 Å². The standard InChI is InChI=1S/C29H35N3O4/c1-35-24-10-6-9-21(14-24)17-32-23(13-20-7-4-3-5-8-20)18-31(19-28(32)33)29(34)27-16-22-15-25(36-2)11-12-26(22)30-27/h6,9-12,14-16,20,23,30H,3-5,7-8,13,17-19H2,1-2H3/t23-/m0/s1. The number of hydrogen-bond donors (Lipinski definition) is 1. The summed E-state index contributed by atoms with van der Waals surface area (Å²) in [6, 6.07) is 15.4. The molecule has 0 bridgehead atoms. The van der Waals surface area contributed by atoms with Gasteiger partial charge in [-0.1, -0.05) is 44.2 Å². The molecule has 1 N–H and O–H groups in total. The summed E-state index contributed by atoms with van der Waals surface area (Å²) in [7, 11) is 3.28. The molecular formula is C29H35N3O4. The molecule has 7 nitrogen and oxygen atoms in total. The topological polar surface area (TPSA) is 74.9 Å². The van der Waals surface area contributed by atoms with Crippen LogP contribution in [0.3, 0.4) is 0 Å². The highest BCUT2D eigenvalue weighted by atomic mass is 16.5. The lowest BCUT2D eigenvalue weighted by Gasteiger charge is -2.43. The predicted octanol–water partition coefficient (Wildman–Crippen LogP) is 5.01. The molecule has 190 valence electrons. The summed E-state index contributed by atoms with van der Waals surface area (Å²) in [5.74, 6) is 1.99. The van der Waals surface area contributed by atoms with E-state index in [0.29, 0.717) is 24.7 Å². The van der Waals surface area contributed by atoms with Gasteiger partial charge in [0.1, 0.15) is 23.7 Å². The highest BCUT2D eigenvalue weighted by molar-refractivity contribution is 6.00. The molecule has 2 aromatic carbocycles. The third-order valence-corrected chi connectivity index (χ3v) is 7.68. The molecule has 2 amide bonds. The molecular weight excluding hydrogens is 454 g/mol. The number of hydrogen-bond acceptors (Lipinski definition) is 4. The van der Waals surface area contributed by atoms with Crippen LogP contribution in [0.4, 0.5) is 0 Å². The molecule has 1 saturated carbocycles. The van der Waals surface area contributed by atoms with Crippen molar-refractivity contribution >= 4 is 22.7 Å². The molecule has 5 rings (SSSR count). The Bertz CT molecular complexity index is 1230. The lowest BCUT2D eigenvalue weighted by atomic mass is 9.84. The number of carbonyl (C=O) groups is 2. The Hall–Kier alpha value is -3.48. The zero-order valence-electron chi connectivity index (χ0n) is 21.2. The minimum absolute atomic E-state index is 0.00369. The number of nitrogens with zero attached hydrogens (tertiary/aromatic N) is 2. The Kier molecular flexibility index (Phi) is 7.16. The minimum Gasteiger partial charge on any atom is -0.497 e. The molecule has 2 heterocycles. The number of methoxy groups -OCH3 is 2. The van der Waals surface area contributed by atoms with Gasteiger partial charge in [0.25, 0.3) is 5.91 Å². The monoisotopic (exact) mass is 489 g/mol. The summed E-state index contributed by atoms with van der Waals surface area (Å²) in [5.41, 5.74) is 2.42. The molecule has 1 saturated heterocycles. The van der Waals surface area contributed by atoms with E-state index >= 15 is 0 Å². The van der Waals surface area contributed by atoms with Gasteiger partial charge < -0.3 is 24.3 Å². The number of H-pyrrole nitrogens is 1. The van der Waals surface area contributed by atoms with Crippen LogP contribution in [0, 0.1) is 5.92 Å². The average molecular weight is 490 g/mol. The van der Waals surface area contributed by atoms with E-state index < -0.39 is 0 Å². The average Bonchev–Trinajstić information content (AvgIpc) is 3.34. The number of benzene rings is 2. The van der Waals surface area contributed by atoms with Gasteiger partial charge in [-0.05, 0) is 54.3 Å². The van der Waals surface area contributed by atoms with Crippen molar-refractivity contribution in [2.45, 2.75) is 51.1 Å². The lowest BCUT2D eigenvalue weighted by Crippen LogP contribution is -2.58. The smallest absolute Gasteiger partial charge is 0.270 e. The highest BCUT2D eigenvalue weighted by Crippen LogP contribution is 2.31. The van der Waals surface area contributed by atoms with Gasteiger partial charge in [-0.25, -0.2) is 0 Å². The first kappa shape index (κ1) is 24.2. The number of carbonyl (C=O) groups excluding carboxylic acids is 2. The summed E-state index contributed by atoms with van der Waals surface area (Å²) in [5, 5.41) is 0.916. The second-order valence-electron chi connectivity index (χ2n) is 10.1. The Balaban J connectivity index is 1.37. The number of fused-ring (bicyclic) bond motifs is 1. The summed E-state index contributed by atoms with van der Waals surface area (Å²) >= 11 is 0. The van der Waals surface area contributed by atoms with Crippen molar-refractivity contribution in [1.82, 2.24) is 14.8 Å². The molecule has 0 radical (unpaired) electrons. The van der Waals surface area contributed by atoms with Crippen molar-refractivity contribution in [3.63, 3.8) is 0 Å². The van der Waals surface area contributed by atoms with Crippen LogP contribution in [0.5, 0.6) is 11.5 Å². The van der Waals surface area contributed by atoms with E-state index in [2.05, 4.69) is 4.98 Å². The SMILES string of the molecule is COc1cccc(CN2C(=O)CN(C(=O)c3cc4cc(OC)ccc4[nH]3)C[C@@H]2CC2CCCCC2)c1. The largest absolute Gasteiger partial charge is 0.497 e. The molecule has 0 unspecified atom stereocenters. The quantitative estimate of drug-likeness (QED) is 0.506. The fourth-order valence-corrected chi connectivity index (χ4v) is 5.75. The maximum Gasteiger partial charge on any atom is 0.270 e. The normalized spacial score (nSPS) is 19.1. The van der Waals surface area contributed by atoms with Crippen LogP contribution in [-0.4, -0.2) is 59.9 Å². The van der Waals surface area contributed by atoms with Gasteiger partial charge >= 0.3 is 0 Å². The molecule has 0 spiro atoms. The predicted molar refractivity (Wildman–Crippen MR) is 139 cm³/mol. The Morgan fingerprint density at radius 2 is 1.78 bits per heavy atom. The van der Waals surface area contributed by atoms with E-state index in [1.54, 1.807) is 19.1 Å². The Labute approximate surface area is 212 Å². The first-order chi connectivity index (χ1) is 17.5. The van der Waals surface area contributed by atoms with Crippen LogP contribution >= 0.6 is 0 Å². The maximum absolute atomic E-state index is 13.5. The molecule has 3 aromatic rings. The summed E-state index contributed by atoms with van der Waals surface area (Å²) in [6.07, 6.45) is 7.14. The van der Waals surface area contributed by atoms with Gasteiger partial charge in [-0.3, -0.25) is 9.59 Å². The van der Waals surface area contributed by atoms with Crippen molar-refractivity contribution in [1.29, 1.82) is 0 Å².